The van der Waals surface area contributed by atoms with Gasteiger partial charge in [-0.3, -0.25) is 14.4 Å². The maximum atomic E-state index is 13.3. The highest BCUT2D eigenvalue weighted by Gasteiger charge is 2.40. The highest BCUT2D eigenvalue weighted by molar-refractivity contribution is 6.35. The van der Waals surface area contributed by atoms with Crippen molar-refractivity contribution < 1.29 is 19.5 Å². The van der Waals surface area contributed by atoms with Crippen LogP contribution in [-0.4, -0.2) is 23.5 Å². The van der Waals surface area contributed by atoms with Gasteiger partial charge >= 0.3 is 0 Å². The van der Waals surface area contributed by atoms with Crippen molar-refractivity contribution in [2.24, 2.45) is 0 Å². The first-order chi connectivity index (χ1) is 16.5. The molecule has 0 aliphatic carbocycles. The number of halogens is 2. The van der Waals surface area contributed by atoms with Crippen LogP contribution in [-0.2, 0) is 22.7 Å². The molecule has 6 nitrogen and oxygen atoms in total. The zero-order valence-corrected chi connectivity index (χ0v) is 19.8. The maximum Gasteiger partial charge on any atom is 0.253 e. The molecule has 4 rings (SSSR count). The van der Waals surface area contributed by atoms with E-state index in [1.807, 2.05) is 24.3 Å². The van der Waals surface area contributed by atoms with Crippen molar-refractivity contribution >= 4 is 35.0 Å². The Kier molecular flexibility index (Phi) is 7.85. The molecule has 0 bridgehead atoms. The minimum absolute atomic E-state index is 0.157. The normalized spacial score (nSPS) is 17.1. The predicted octanol–water partition coefficient (Wildman–Crippen LogP) is 4.73. The lowest BCUT2D eigenvalue weighted by molar-refractivity contribution is -0.137. The molecule has 8 heteroatoms. The smallest absolute Gasteiger partial charge is 0.253 e. The van der Waals surface area contributed by atoms with E-state index in [4.69, 9.17) is 33.1 Å². The summed E-state index contributed by atoms with van der Waals surface area (Å²) in [4.78, 5) is 31.6. The summed E-state index contributed by atoms with van der Waals surface area (Å²) in [5.74, 6) is -1.44. The van der Waals surface area contributed by atoms with Crippen LogP contribution in [0.5, 0.6) is 0 Å². The molecule has 0 radical (unpaired) electrons. The van der Waals surface area contributed by atoms with Gasteiger partial charge in [0.05, 0.1) is 18.6 Å². The van der Waals surface area contributed by atoms with E-state index >= 15 is 0 Å². The van der Waals surface area contributed by atoms with Crippen molar-refractivity contribution in [2.75, 3.05) is 6.61 Å². The summed E-state index contributed by atoms with van der Waals surface area (Å²) in [6.45, 7) is 0.336. The number of hydrogen-bond donors (Lipinski definition) is 3. The molecule has 0 unspecified atom stereocenters. The Bertz CT molecular complexity index is 1180. The third-order valence-corrected chi connectivity index (χ3v) is 6.36. The largest absolute Gasteiger partial charge is 0.396 e. The molecular formula is C26H24Cl2N2O4. The average Bonchev–Trinajstić information content (AvgIpc) is 2.83. The molecule has 0 saturated heterocycles. The zero-order valence-electron chi connectivity index (χ0n) is 18.3. The van der Waals surface area contributed by atoms with E-state index in [1.54, 1.807) is 42.5 Å². The van der Waals surface area contributed by atoms with Gasteiger partial charge in [-0.05, 0) is 53.3 Å². The number of hydrogen-bond acceptors (Lipinski definition) is 4. The molecule has 176 valence electrons. The number of aliphatic hydroxyl groups excluding tert-OH is 1. The monoisotopic (exact) mass is 498 g/mol. The lowest BCUT2D eigenvalue weighted by atomic mass is 9.80. The summed E-state index contributed by atoms with van der Waals surface area (Å²) in [6.07, 6.45) is 1.51. The van der Waals surface area contributed by atoms with Crippen LogP contribution in [0.15, 0.2) is 66.7 Å². The maximum absolute atomic E-state index is 13.3. The van der Waals surface area contributed by atoms with Gasteiger partial charge in [-0.25, -0.2) is 5.48 Å². The second kappa shape index (κ2) is 11.0. The SMILES string of the molecule is O=C1N[C@@H](c2ccc(Cl)cc2Cl)[C@H](C(=O)NOCc2ccc(CCCO)cc2)c2ccccc21. The standard InChI is InChI=1S/C26H24Cl2N2O4/c27-18-11-12-21(22(28)14-18)24-23(19-5-1-2-6-20(19)25(32)29-24)26(33)30-34-15-17-9-7-16(8-10-17)4-3-13-31/h1-2,5-12,14,23-24,31H,3-4,13,15H2,(H,29,32)(H,30,33)/t23-,24+/m1/s1. The van der Waals surface area contributed by atoms with Crippen molar-refractivity contribution in [1.82, 2.24) is 10.8 Å². The molecule has 1 aliphatic rings. The van der Waals surface area contributed by atoms with Gasteiger partial charge < -0.3 is 10.4 Å². The fraction of sp³-hybridized carbons (Fsp3) is 0.231. The molecular weight excluding hydrogens is 475 g/mol. The molecule has 2 atom stereocenters. The van der Waals surface area contributed by atoms with E-state index in [2.05, 4.69) is 10.8 Å². The lowest BCUT2D eigenvalue weighted by Crippen LogP contribution is -2.44. The number of carbonyl (C=O) groups excluding carboxylic acids is 2. The first-order valence-electron chi connectivity index (χ1n) is 10.9. The first-order valence-corrected chi connectivity index (χ1v) is 11.7. The van der Waals surface area contributed by atoms with Crippen LogP contribution in [0.3, 0.4) is 0 Å². The third-order valence-electron chi connectivity index (χ3n) is 5.80. The minimum Gasteiger partial charge on any atom is -0.396 e. The third kappa shape index (κ3) is 5.42. The minimum atomic E-state index is -0.756. The molecule has 0 saturated carbocycles. The second-order valence-electron chi connectivity index (χ2n) is 8.08. The predicted molar refractivity (Wildman–Crippen MR) is 131 cm³/mol. The number of fused-ring (bicyclic) bond motifs is 1. The van der Waals surface area contributed by atoms with Crippen molar-refractivity contribution in [3.8, 4) is 0 Å². The first kappa shape index (κ1) is 24.2. The summed E-state index contributed by atoms with van der Waals surface area (Å²) >= 11 is 12.5. The van der Waals surface area contributed by atoms with Crippen molar-refractivity contribution in [3.05, 3.63) is 105 Å². The van der Waals surface area contributed by atoms with Crippen molar-refractivity contribution in [3.63, 3.8) is 0 Å². The van der Waals surface area contributed by atoms with E-state index in [0.717, 1.165) is 17.5 Å². The topological polar surface area (TPSA) is 87.7 Å². The number of nitrogens with one attached hydrogen (secondary N) is 2. The number of benzene rings is 3. The fourth-order valence-electron chi connectivity index (χ4n) is 4.10. The van der Waals surface area contributed by atoms with Crippen LogP contribution in [0, 0.1) is 0 Å². The van der Waals surface area contributed by atoms with Crippen LogP contribution < -0.4 is 10.8 Å². The van der Waals surface area contributed by atoms with Crippen LogP contribution in [0.2, 0.25) is 10.0 Å². The van der Waals surface area contributed by atoms with Gasteiger partial charge in [0.2, 0.25) is 0 Å². The Morgan fingerprint density at radius 3 is 2.47 bits per heavy atom. The van der Waals surface area contributed by atoms with Crippen LogP contribution >= 0.6 is 23.2 Å². The van der Waals surface area contributed by atoms with Crippen LogP contribution in [0.4, 0.5) is 0 Å². The van der Waals surface area contributed by atoms with Gasteiger partial charge in [0.15, 0.2) is 0 Å². The van der Waals surface area contributed by atoms with E-state index in [0.29, 0.717) is 33.2 Å². The number of hydroxylamine groups is 1. The summed E-state index contributed by atoms with van der Waals surface area (Å²) in [7, 11) is 0. The number of aryl methyl sites for hydroxylation is 1. The molecule has 0 fully saturated rings. The summed E-state index contributed by atoms with van der Waals surface area (Å²) < 4.78 is 0. The number of carbonyl (C=O) groups is 2. The number of amides is 2. The highest BCUT2D eigenvalue weighted by atomic mass is 35.5. The number of rotatable bonds is 8. The molecule has 0 aromatic heterocycles. The van der Waals surface area contributed by atoms with E-state index < -0.39 is 17.9 Å². The van der Waals surface area contributed by atoms with Gasteiger partial charge in [-0.1, -0.05) is 71.7 Å². The Labute approximate surface area is 207 Å². The molecule has 1 heterocycles. The summed E-state index contributed by atoms with van der Waals surface area (Å²) in [5, 5.41) is 12.7. The Morgan fingerprint density at radius 2 is 1.74 bits per heavy atom. The van der Waals surface area contributed by atoms with Crippen LogP contribution in [0.25, 0.3) is 0 Å². The second-order valence-corrected chi connectivity index (χ2v) is 8.92. The quantitative estimate of drug-likeness (QED) is 0.391. The molecule has 3 aromatic carbocycles. The van der Waals surface area contributed by atoms with Gasteiger partial charge in [0.1, 0.15) is 0 Å². The Morgan fingerprint density at radius 1 is 1.00 bits per heavy atom. The summed E-state index contributed by atoms with van der Waals surface area (Å²) in [6, 6.07) is 19.1. The molecule has 1 aliphatic heterocycles. The molecule has 34 heavy (non-hydrogen) atoms. The van der Waals surface area contributed by atoms with Crippen molar-refractivity contribution in [2.45, 2.75) is 31.4 Å². The van der Waals surface area contributed by atoms with E-state index in [-0.39, 0.29) is 19.1 Å². The Balaban J connectivity index is 1.52. The number of aliphatic hydroxyl groups is 1. The van der Waals surface area contributed by atoms with Gasteiger partial charge in [0.25, 0.3) is 11.8 Å². The molecule has 0 spiro atoms. The van der Waals surface area contributed by atoms with Crippen LogP contribution in [0.1, 0.15) is 51.0 Å². The van der Waals surface area contributed by atoms with Gasteiger partial charge in [-0.2, -0.15) is 0 Å². The fourth-order valence-corrected chi connectivity index (χ4v) is 4.63. The zero-order chi connectivity index (χ0) is 24.1. The summed E-state index contributed by atoms with van der Waals surface area (Å²) in [5.41, 5.74) is 6.18. The van der Waals surface area contributed by atoms with Crippen molar-refractivity contribution in [1.29, 1.82) is 0 Å². The molecule has 2 amide bonds. The molecule has 3 aromatic rings. The van der Waals surface area contributed by atoms with E-state index in [9.17, 15) is 9.59 Å². The Hall–Kier alpha value is -2.90. The van der Waals surface area contributed by atoms with Gasteiger partial charge in [-0.15, -0.1) is 0 Å². The van der Waals surface area contributed by atoms with Gasteiger partial charge in [0, 0.05) is 22.2 Å². The lowest BCUT2D eigenvalue weighted by Gasteiger charge is -2.33. The van der Waals surface area contributed by atoms with E-state index in [1.165, 1.54) is 0 Å². The highest BCUT2D eigenvalue weighted by Crippen LogP contribution is 2.40. The molecule has 3 N–H and O–H groups in total. The average molecular weight is 499 g/mol.